The highest BCUT2D eigenvalue weighted by atomic mass is 16.2. The minimum absolute atomic E-state index is 0.140. The van der Waals surface area contributed by atoms with Crippen LogP contribution >= 0.6 is 0 Å². The Bertz CT molecular complexity index is 375. The van der Waals surface area contributed by atoms with E-state index in [1.807, 2.05) is 0 Å². The first-order valence-electron chi connectivity index (χ1n) is 8.69. The van der Waals surface area contributed by atoms with Crippen molar-refractivity contribution in [3.63, 3.8) is 0 Å². The maximum absolute atomic E-state index is 12.9. The number of nitrogens with one attached hydrogen (secondary N) is 1. The molecule has 0 aromatic carbocycles. The van der Waals surface area contributed by atoms with Crippen LogP contribution in [0.15, 0.2) is 0 Å². The van der Waals surface area contributed by atoms with Crippen molar-refractivity contribution in [3.05, 3.63) is 0 Å². The summed E-state index contributed by atoms with van der Waals surface area (Å²) in [5, 5.41) is 3.68. The molecule has 3 heteroatoms. The van der Waals surface area contributed by atoms with E-state index in [2.05, 4.69) is 31.0 Å². The Morgan fingerprint density at radius 1 is 1.30 bits per heavy atom. The van der Waals surface area contributed by atoms with E-state index in [0.717, 1.165) is 25.7 Å². The number of carbonyl (C=O) groups is 1. The van der Waals surface area contributed by atoms with E-state index < -0.39 is 0 Å². The lowest BCUT2D eigenvalue weighted by atomic mass is 9.77. The Balaban J connectivity index is 1.83. The van der Waals surface area contributed by atoms with E-state index in [1.165, 1.54) is 25.7 Å². The van der Waals surface area contributed by atoms with Gasteiger partial charge in [-0.1, -0.05) is 40.0 Å². The molecule has 0 aromatic rings. The van der Waals surface area contributed by atoms with Crippen LogP contribution in [-0.2, 0) is 4.79 Å². The van der Waals surface area contributed by atoms with E-state index in [0.29, 0.717) is 30.0 Å². The summed E-state index contributed by atoms with van der Waals surface area (Å²) in [7, 11) is 0. The van der Waals surface area contributed by atoms with Crippen molar-refractivity contribution in [1.82, 2.24) is 10.2 Å². The first-order valence-corrected chi connectivity index (χ1v) is 8.69. The molecule has 3 nitrogen and oxygen atoms in total. The molecule has 20 heavy (non-hydrogen) atoms. The summed E-state index contributed by atoms with van der Waals surface area (Å²) < 4.78 is 0. The van der Waals surface area contributed by atoms with Gasteiger partial charge in [-0.3, -0.25) is 10.1 Å². The molecule has 2 saturated carbocycles. The highest BCUT2D eigenvalue weighted by Crippen LogP contribution is 2.46. The van der Waals surface area contributed by atoms with Gasteiger partial charge in [0.05, 0.1) is 11.7 Å². The van der Waals surface area contributed by atoms with E-state index >= 15 is 0 Å². The fraction of sp³-hybridized carbons (Fsp3) is 0.941. The van der Waals surface area contributed by atoms with Gasteiger partial charge in [0.25, 0.3) is 0 Å². The van der Waals surface area contributed by atoms with Crippen LogP contribution in [-0.4, -0.2) is 28.6 Å². The standard InChI is InChI=1S/C17H30N2O/c1-4-7-15-18-17(10-11-17)16(20)19(15)14-9-6-5-8-13(14)12(2)3/h12-15,18H,4-11H2,1-3H3. The van der Waals surface area contributed by atoms with Gasteiger partial charge in [0, 0.05) is 6.04 Å². The average molecular weight is 278 g/mol. The molecule has 1 spiro atoms. The summed E-state index contributed by atoms with van der Waals surface area (Å²) in [6.45, 7) is 6.89. The van der Waals surface area contributed by atoms with Crippen LogP contribution in [0.5, 0.6) is 0 Å². The van der Waals surface area contributed by atoms with Gasteiger partial charge < -0.3 is 4.90 Å². The maximum Gasteiger partial charge on any atom is 0.244 e. The molecule has 3 fully saturated rings. The van der Waals surface area contributed by atoms with Gasteiger partial charge in [-0.15, -0.1) is 0 Å². The molecule has 114 valence electrons. The zero-order valence-corrected chi connectivity index (χ0v) is 13.3. The molecule has 3 atom stereocenters. The molecular formula is C17H30N2O. The predicted octanol–water partition coefficient (Wildman–Crippen LogP) is 3.29. The second-order valence-corrected chi connectivity index (χ2v) is 7.50. The Morgan fingerprint density at radius 3 is 2.60 bits per heavy atom. The highest BCUT2D eigenvalue weighted by Gasteiger charge is 2.60. The van der Waals surface area contributed by atoms with Crippen LogP contribution in [0.1, 0.15) is 72.1 Å². The quantitative estimate of drug-likeness (QED) is 0.856. The zero-order chi connectivity index (χ0) is 14.3. The van der Waals surface area contributed by atoms with Gasteiger partial charge in [-0.2, -0.15) is 0 Å². The molecule has 1 N–H and O–H groups in total. The minimum atomic E-state index is -0.140. The Hall–Kier alpha value is -0.570. The second kappa shape index (κ2) is 5.32. The fourth-order valence-corrected chi connectivity index (χ4v) is 4.45. The third kappa shape index (κ3) is 2.28. The van der Waals surface area contributed by atoms with Crippen LogP contribution in [0.2, 0.25) is 0 Å². The summed E-state index contributed by atoms with van der Waals surface area (Å²) in [6, 6.07) is 0.486. The topological polar surface area (TPSA) is 32.3 Å². The van der Waals surface area contributed by atoms with Gasteiger partial charge in [0.15, 0.2) is 0 Å². The number of hydrogen-bond acceptors (Lipinski definition) is 2. The second-order valence-electron chi connectivity index (χ2n) is 7.50. The molecule has 0 bridgehead atoms. The lowest BCUT2D eigenvalue weighted by Crippen LogP contribution is -2.50. The van der Waals surface area contributed by atoms with Crippen molar-refractivity contribution in [2.45, 2.75) is 89.9 Å². The Labute approximate surface area is 123 Å². The van der Waals surface area contributed by atoms with Crippen LogP contribution in [0.3, 0.4) is 0 Å². The third-order valence-corrected chi connectivity index (χ3v) is 5.73. The first kappa shape index (κ1) is 14.4. The molecule has 1 heterocycles. The molecule has 1 aliphatic heterocycles. The van der Waals surface area contributed by atoms with Gasteiger partial charge >= 0.3 is 0 Å². The molecular weight excluding hydrogens is 248 g/mol. The summed E-state index contributed by atoms with van der Waals surface area (Å²) >= 11 is 0. The van der Waals surface area contributed by atoms with Crippen LogP contribution in [0.25, 0.3) is 0 Å². The van der Waals surface area contributed by atoms with Crippen molar-refractivity contribution < 1.29 is 4.79 Å². The van der Waals surface area contributed by atoms with Gasteiger partial charge in [0.1, 0.15) is 0 Å². The fourth-order valence-electron chi connectivity index (χ4n) is 4.45. The van der Waals surface area contributed by atoms with Crippen LogP contribution in [0, 0.1) is 11.8 Å². The number of amides is 1. The van der Waals surface area contributed by atoms with Crippen LogP contribution < -0.4 is 5.32 Å². The largest absolute Gasteiger partial charge is 0.322 e. The van der Waals surface area contributed by atoms with Crippen molar-refractivity contribution in [1.29, 1.82) is 0 Å². The molecule has 0 radical (unpaired) electrons. The van der Waals surface area contributed by atoms with Gasteiger partial charge in [-0.05, 0) is 43.9 Å². The minimum Gasteiger partial charge on any atom is -0.322 e. The molecule has 1 saturated heterocycles. The highest BCUT2D eigenvalue weighted by molar-refractivity contribution is 5.92. The van der Waals surface area contributed by atoms with Gasteiger partial charge in [-0.25, -0.2) is 0 Å². The van der Waals surface area contributed by atoms with Crippen molar-refractivity contribution in [2.75, 3.05) is 0 Å². The summed E-state index contributed by atoms with van der Waals surface area (Å²) in [5.74, 6) is 1.81. The Morgan fingerprint density at radius 2 is 2.00 bits per heavy atom. The monoisotopic (exact) mass is 278 g/mol. The van der Waals surface area contributed by atoms with Gasteiger partial charge in [0.2, 0.25) is 5.91 Å². The lowest BCUT2D eigenvalue weighted by molar-refractivity contribution is -0.135. The van der Waals surface area contributed by atoms with E-state index in [-0.39, 0.29) is 5.54 Å². The van der Waals surface area contributed by atoms with E-state index in [1.54, 1.807) is 0 Å². The summed E-state index contributed by atoms with van der Waals surface area (Å²) in [4.78, 5) is 15.2. The Kier molecular flexibility index (Phi) is 3.83. The number of nitrogens with zero attached hydrogens (tertiary/aromatic N) is 1. The van der Waals surface area contributed by atoms with E-state index in [9.17, 15) is 4.79 Å². The van der Waals surface area contributed by atoms with Crippen molar-refractivity contribution in [2.24, 2.45) is 11.8 Å². The molecule has 2 aliphatic carbocycles. The molecule has 1 amide bonds. The SMILES string of the molecule is CCCC1NC2(CC2)C(=O)N1C1CCCCC1C(C)C. The summed E-state index contributed by atoms with van der Waals surface area (Å²) in [6.07, 6.45) is 9.83. The van der Waals surface area contributed by atoms with Crippen molar-refractivity contribution in [3.8, 4) is 0 Å². The van der Waals surface area contributed by atoms with Crippen molar-refractivity contribution >= 4 is 5.91 Å². The predicted molar refractivity (Wildman–Crippen MR) is 81.2 cm³/mol. The molecule has 0 aromatic heterocycles. The first-order chi connectivity index (χ1) is 9.59. The number of rotatable bonds is 4. The maximum atomic E-state index is 12.9. The smallest absolute Gasteiger partial charge is 0.244 e. The molecule has 3 aliphatic rings. The number of hydrogen-bond donors (Lipinski definition) is 1. The van der Waals surface area contributed by atoms with E-state index in [4.69, 9.17) is 0 Å². The zero-order valence-electron chi connectivity index (χ0n) is 13.3. The lowest BCUT2D eigenvalue weighted by Gasteiger charge is -2.42. The third-order valence-electron chi connectivity index (χ3n) is 5.73. The number of carbonyl (C=O) groups excluding carboxylic acids is 1. The normalized spacial score (nSPS) is 36.1. The molecule has 3 rings (SSSR count). The average Bonchev–Trinajstić information content (AvgIpc) is 3.14. The van der Waals surface area contributed by atoms with Crippen LogP contribution in [0.4, 0.5) is 0 Å². The molecule has 3 unspecified atom stereocenters. The summed E-state index contributed by atoms with van der Waals surface area (Å²) in [5.41, 5.74) is -0.140.